The van der Waals surface area contributed by atoms with Crippen molar-refractivity contribution < 1.29 is 24.3 Å². The molecule has 3 aromatic rings. The minimum absolute atomic E-state index is 0.107. The van der Waals surface area contributed by atoms with Crippen molar-refractivity contribution in [1.29, 1.82) is 0 Å². The van der Waals surface area contributed by atoms with E-state index < -0.39 is 10.9 Å². The smallest absolute Gasteiger partial charge is 0.335 e. The lowest BCUT2D eigenvalue weighted by atomic mass is 9.92. The zero-order chi connectivity index (χ0) is 37.4. The Morgan fingerprint density at radius 1 is 0.731 bits per heavy atom. The normalized spacial score (nSPS) is 12.1. The first-order chi connectivity index (χ1) is 25.3. The lowest BCUT2D eigenvalue weighted by molar-refractivity contribution is -0.386. The summed E-state index contributed by atoms with van der Waals surface area (Å²) >= 11 is 0. The molecule has 0 aliphatic heterocycles. The lowest BCUT2D eigenvalue weighted by Gasteiger charge is -2.16. The fraction of sp³-hybridized carbons (Fsp3) is 0.489. The van der Waals surface area contributed by atoms with Crippen molar-refractivity contribution in [3.05, 3.63) is 101 Å². The fourth-order valence-electron chi connectivity index (χ4n) is 6.24. The van der Waals surface area contributed by atoms with Crippen molar-refractivity contribution in [1.82, 2.24) is 0 Å². The summed E-state index contributed by atoms with van der Waals surface area (Å²) in [6.45, 7) is 6.99. The van der Waals surface area contributed by atoms with Crippen LogP contribution < -0.4 is 9.47 Å². The van der Waals surface area contributed by atoms with Gasteiger partial charge in [-0.25, -0.2) is 4.79 Å². The molecule has 0 saturated heterocycles. The van der Waals surface area contributed by atoms with Gasteiger partial charge >= 0.3 is 11.7 Å². The number of carboxylic acid groups (broad SMARTS) is 1. The SMILES string of the molecule is CCCCC/C=C\C/C=C\CCCCCCCCOc1ccc(-c2ccc(C(=O)O)cc2-c2ccc(O[C@@H](C)CCCCCC)c([N+](=O)[O-])c2)cc1. The van der Waals surface area contributed by atoms with Crippen LogP contribution in [0.3, 0.4) is 0 Å². The van der Waals surface area contributed by atoms with E-state index in [4.69, 9.17) is 9.47 Å². The third-order valence-corrected chi connectivity index (χ3v) is 9.30. The third-order valence-electron chi connectivity index (χ3n) is 9.30. The number of ether oxygens (including phenoxy) is 2. The molecular weight excluding hydrogens is 650 g/mol. The summed E-state index contributed by atoms with van der Waals surface area (Å²) in [7, 11) is 0. The van der Waals surface area contributed by atoms with Gasteiger partial charge in [0.25, 0.3) is 0 Å². The summed E-state index contributed by atoms with van der Waals surface area (Å²) in [5.74, 6) is -0.0722. The number of benzene rings is 3. The molecule has 0 amide bonds. The molecule has 1 N–H and O–H groups in total. The van der Waals surface area contributed by atoms with Crippen molar-refractivity contribution >= 4 is 11.7 Å². The molecule has 0 heterocycles. The van der Waals surface area contributed by atoms with Crippen LogP contribution in [0, 0.1) is 10.1 Å². The molecule has 0 aromatic heterocycles. The second kappa shape index (κ2) is 24.7. The highest BCUT2D eigenvalue weighted by Gasteiger charge is 2.21. The second-order valence-corrected chi connectivity index (χ2v) is 13.7. The van der Waals surface area contributed by atoms with Gasteiger partial charge in [-0.15, -0.1) is 0 Å². The molecule has 52 heavy (non-hydrogen) atoms. The van der Waals surface area contributed by atoms with Crippen molar-refractivity contribution in [3.63, 3.8) is 0 Å². The van der Waals surface area contributed by atoms with Gasteiger partial charge in [-0.1, -0.05) is 120 Å². The molecular formula is C45H61NO6. The third kappa shape index (κ3) is 15.5. The summed E-state index contributed by atoms with van der Waals surface area (Å²) < 4.78 is 12.0. The maximum Gasteiger partial charge on any atom is 0.335 e. The number of hydrogen-bond acceptors (Lipinski definition) is 5. The number of unbranched alkanes of at least 4 members (excludes halogenated alkanes) is 12. The van der Waals surface area contributed by atoms with E-state index >= 15 is 0 Å². The van der Waals surface area contributed by atoms with Crippen LogP contribution in [0.15, 0.2) is 85.0 Å². The molecule has 1 atom stereocenters. The number of carbonyl (C=O) groups is 1. The van der Waals surface area contributed by atoms with Crippen molar-refractivity contribution in [2.24, 2.45) is 0 Å². The molecule has 282 valence electrons. The zero-order valence-corrected chi connectivity index (χ0v) is 31.8. The van der Waals surface area contributed by atoms with E-state index in [1.165, 1.54) is 57.4 Å². The Bertz CT molecular complexity index is 1540. The van der Waals surface area contributed by atoms with E-state index in [0.717, 1.165) is 74.7 Å². The van der Waals surface area contributed by atoms with E-state index in [0.29, 0.717) is 17.7 Å². The largest absolute Gasteiger partial charge is 0.494 e. The molecule has 7 nitrogen and oxygen atoms in total. The maximum absolute atomic E-state index is 12.1. The van der Waals surface area contributed by atoms with Gasteiger partial charge in [0.1, 0.15) is 5.75 Å². The summed E-state index contributed by atoms with van der Waals surface area (Å²) in [4.78, 5) is 23.6. The van der Waals surface area contributed by atoms with E-state index in [1.807, 2.05) is 31.2 Å². The van der Waals surface area contributed by atoms with Crippen LogP contribution in [-0.2, 0) is 0 Å². The van der Waals surface area contributed by atoms with Crippen molar-refractivity contribution in [2.75, 3.05) is 6.61 Å². The molecule has 0 bridgehead atoms. The monoisotopic (exact) mass is 711 g/mol. The fourth-order valence-corrected chi connectivity index (χ4v) is 6.24. The molecule has 0 spiro atoms. The Kier molecular flexibility index (Phi) is 20.0. The standard InChI is InChI=1S/C45H61NO6/c1-4-6-8-10-11-12-13-14-15-16-17-18-19-20-21-23-33-51-40-29-25-37(26-30-40)41-31-27-39(45(47)48)34-42(41)38-28-32-44(43(35-38)46(49)50)52-36(3)24-22-9-7-5-2/h11-12,14-15,25-32,34-36H,4-10,13,16-24,33H2,1-3H3,(H,47,48)/b12-11-,15-14-/t36-/m0/s1. The molecule has 0 radical (unpaired) electrons. The Hall–Kier alpha value is -4.39. The predicted molar refractivity (Wildman–Crippen MR) is 215 cm³/mol. The minimum atomic E-state index is -1.06. The highest BCUT2D eigenvalue weighted by Crippen LogP contribution is 2.38. The number of nitro groups is 1. The van der Waals surface area contributed by atoms with Crippen LogP contribution in [0.2, 0.25) is 0 Å². The first kappa shape index (κ1) is 42.0. The molecule has 0 aliphatic carbocycles. The highest BCUT2D eigenvalue weighted by atomic mass is 16.6. The first-order valence-corrected chi connectivity index (χ1v) is 19.7. The lowest BCUT2D eigenvalue weighted by Crippen LogP contribution is -2.12. The Labute approximate surface area is 312 Å². The predicted octanol–water partition coefficient (Wildman–Crippen LogP) is 13.6. The highest BCUT2D eigenvalue weighted by molar-refractivity contribution is 5.93. The van der Waals surface area contributed by atoms with Crippen LogP contribution in [0.4, 0.5) is 5.69 Å². The Morgan fingerprint density at radius 2 is 1.35 bits per heavy atom. The average Bonchev–Trinajstić information content (AvgIpc) is 3.14. The van der Waals surface area contributed by atoms with Gasteiger partial charge in [0.05, 0.1) is 23.2 Å². The molecule has 0 unspecified atom stereocenters. The van der Waals surface area contributed by atoms with Crippen molar-refractivity contribution in [2.45, 2.75) is 136 Å². The number of allylic oxidation sites excluding steroid dienone is 4. The number of nitrogens with zero attached hydrogens (tertiary/aromatic N) is 1. The van der Waals surface area contributed by atoms with Crippen LogP contribution in [-0.4, -0.2) is 28.7 Å². The van der Waals surface area contributed by atoms with Gasteiger partial charge in [0, 0.05) is 6.07 Å². The topological polar surface area (TPSA) is 98.9 Å². The number of rotatable bonds is 27. The van der Waals surface area contributed by atoms with E-state index in [9.17, 15) is 20.0 Å². The summed E-state index contributed by atoms with van der Waals surface area (Å²) in [5.41, 5.74) is 2.74. The molecule has 0 fully saturated rings. The first-order valence-electron chi connectivity index (χ1n) is 19.7. The summed E-state index contributed by atoms with van der Waals surface area (Å²) in [6.07, 6.45) is 28.7. The molecule has 0 saturated carbocycles. The van der Waals surface area contributed by atoms with Crippen molar-refractivity contribution in [3.8, 4) is 33.8 Å². The van der Waals surface area contributed by atoms with Gasteiger partial charge in [0.15, 0.2) is 5.75 Å². The summed E-state index contributed by atoms with van der Waals surface area (Å²) in [6, 6.07) is 17.5. The van der Waals surface area contributed by atoms with Gasteiger partial charge < -0.3 is 14.6 Å². The van der Waals surface area contributed by atoms with Crippen LogP contribution in [0.5, 0.6) is 11.5 Å². The van der Waals surface area contributed by atoms with Crippen LogP contribution >= 0.6 is 0 Å². The van der Waals surface area contributed by atoms with Gasteiger partial charge in [-0.3, -0.25) is 10.1 Å². The number of nitro benzene ring substituents is 1. The quantitative estimate of drug-likeness (QED) is 0.0366. The molecule has 3 rings (SSSR count). The zero-order valence-electron chi connectivity index (χ0n) is 31.8. The Morgan fingerprint density at radius 3 is 2.02 bits per heavy atom. The van der Waals surface area contributed by atoms with E-state index in [2.05, 4.69) is 38.2 Å². The number of carboxylic acids is 1. The summed E-state index contributed by atoms with van der Waals surface area (Å²) in [5, 5.41) is 21.9. The maximum atomic E-state index is 12.1. The number of hydrogen-bond donors (Lipinski definition) is 1. The Balaban J connectivity index is 1.52. The van der Waals surface area contributed by atoms with Gasteiger partial charge in [-0.2, -0.15) is 0 Å². The molecule has 0 aliphatic rings. The van der Waals surface area contributed by atoms with E-state index in [-0.39, 0.29) is 23.1 Å². The minimum Gasteiger partial charge on any atom is -0.494 e. The molecule has 3 aromatic carbocycles. The number of aromatic carboxylic acids is 1. The average molecular weight is 712 g/mol. The van der Waals surface area contributed by atoms with E-state index in [1.54, 1.807) is 30.3 Å². The van der Waals surface area contributed by atoms with Crippen LogP contribution in [0.25, 0.3) is 22.3 Å². The van der Waals surface area contributed by atoms with Crippen LogP contribution in [0.1, 0.15) is 140 Å². The van der Waals surface area contributed by atoms with Gasteiger partial charge in [0.2, 0.25) is 0 Å². The second-order valence-electron chi connectivity index (χ2n) is 13.7. The van der Waals surface area contributed by atoms with Gasteiger partial charge in [-0.05, 0) is 111 Å². The molecule has 7 heteroatoms.